The lowest BCUT2D eigenvalue weighted by molar-refractivity contribution is 0.0876. The van der Waals surface area contributed by atoms with Gasteiger partial charge in [-0.1, -0.05) is 0 Å². The number of aryl methyl sites for hydroxylation is 1. The molecule has 1 rings (SSSR count). The number of nitrogens with zero attached hydrogens (tertiary/aromatic N) is 2. The van der Waals surface area contributed by atoms with Crippen molar-refractivity contribution in [3.05, 3.63) is 24.0 Å². The number of rotatable bonds is 4. The fraction of sp³-hybridized carbons (Fsp3) is 0.583. The van der Waals surface area contributed by atoms with Crippen molar-refractivity contribution in [1.29, 1.82) is 0 Å². The second-order valence-corrected chi connectivity index (χ2v) is 4.48. The Bertz CT molecular complexity index is 318. The molecule has 0 radical (unpaired) electrons. The van der Waals surface area contributed by atoms with Gasteiger partial charge < -0.3 is 10.0 Å². The highest BCUT2D eigenvalue weighted by Gasteiger charge is 2.17. The van der Waals surface area contributed by atoms with Gasteiger partial charge in [-0.3, -0.25) is 4.98 Å². The summed E-state index contributed by atoms with van der Waals surface area (Å²) in [5, 5.41) is 9.79. The minimum atomic E-state index is -0.673. The minimum absolute atomic E-state index is 0.632. The normalized spacial score (nSPS) is 11.5. The van der Waals surface area contributed by atoms with E-state index in [1.165, 1.54) is 0 Å². The third-order valence-corrected chi connectivity index (χ3v) is 2.20. The van der Waals surface area contributed by atoms with Crippen molar-refractivity contribution in [3.63, 3.8) is 0 Å². The summed E-state index contributed by atoms with van der Waals surface area (Å²) in [5.41, 5.74) is 1.45. The first-order valence-electron chi connectivity index (χ1n) is 5.32. The Morgan fingerprint density at radius 1 is 1.47 bits per heavy atom. The Balaban J connectivity index is 2.83. The summed E-state index contributed by atoms with van der Waals surface area (Å²) in [6.07, 6.45) is 1.80. The molecule has 0 aliphatic heterocycles. The van der Waals surface area contributed by atoms with E-state index in [0.29, 0.717) is 6.54 Å². The van der Waals surface area contributed by atoms with E-state index in [-0.39, 0.29) is 0 Å². The van der Waals surface area contributed by atoms with E-state index in [9.17, 15) is 5.11 Å². The average molecular weight is 208 g/mol. The highest BCUT2D eigenvalue weighted by atomic mass is 16.3. The van der Waals surface area contributed by atoms with Gasteiger partial charge in [0, 0.05) is 30.7 Å². The number of anilines is 1. The summed E-state index contributed by atoms with van der Waals surface area (Å²) in [6, 6.07) is 4.01. The fourth-order valence-corrected chi connectivity index (χ4v) is 1.58. The van der Waals surface area contributed by atoms with Gasteiger partial charge in [0.2, 0.25) is 0 Å². The van der Waals surface area contributed by atoms with Crippen molar-refractivity contribution in [2.75, 3.05) is 18.0 Å². The molecule has 0 saturated carbocycles. The average Bonchev–Trinajstić information content (AvgIpc) is 2.13. The van der Waals surface area contributed by atoms with Gasteiger partial charge in [-0.05, 0) is 39.8 Å². The van der Waals surface area contributed by atoms with E-state index in [4.69, 9.17) is 0 Å². The van der Waals surface area contributed by atoms with Crippen molar-refractivity contribution >= 4 is 5.69 Å². The summed E-state index contributed by atoms with van der Waals surface area (Å²) in [6.45, 7) is 9.22. The van der Waals surface area contributed by atoms with Gasteiger partial charge >= 0.3 is 0 Å². The van der Waals surface area contributed by atoms with Crippen molar-refractivity contribution in [2.45, 2.75) is 33.3 Å². The highest BCUT2D eigenvalue weighted by molar-refractivity contribution is 5.46. The van der Waals surface area contributed by atoms with E-state index in [2.05, 4.69) is 16.8 Å². The van der Waals surface area contributed by atoms with Crippen LogP contribution in [0.25, 0.3) is 0 Å². The molecule has 3 heteroatoms. The van der Waals surface area contributed by atoms with Gasteiger partial charge in [0.25, 0.3) is 0 Å². The summed E-state index contributed by atoms with van der Waals surface area (Å²) >= 11 is 0. The monoisotopic (exact) mass is 208 g/mol. The van der Waals surface area contributed by atoms with Gasteiger partial charge in [-0.25, -0.2) is 0 Å². The number of aliphatic hydroxyl groups is 1. The van der Waals surface area contributed by atoms with Gasteiger partial charge in [-0.15, -0.1) is 0 Å². The van der Waals surface area contributed by atoms with E-state index in [1.54, 1.807) is 6.20 Å². The van der Waals surface area contributed by atoms with Crippen LogP contribution >= 0.6 is 0 Å². The van der Waals surface area contributed by atoms with Crippen LogP contribution in [0.4, 0.5) is 5.69 Å². The van der Waals surface area contributed by atoms with Crippen LogP contribution in [0.2, 0.25) is 0 Å². The summed E-state index contributed by atoms with van der Waals surface area (Å²) in [7, 11) is 0. The Hall–Kier alpha value is -1.09. The van der Waals surface area contributed by atoms with E-state index >= 15 is 0 Å². The molecule has 1 aromatic rings. The number of hydrogen-bond donors (Lipinski definition) is 1. The van der Waals surface area contributed by atoms with E-state index in [1.807, 2.05) is 32.9 Å². The van der Waals surface area contributed by atoms with Crippen LogP contribution in [0.3, 0.4) is 0 Å². The van der Waals surface area contributed by atoms with Crippen molar-refractivity contribution in [2.24, 2.45) is 0 Å². The van der Waals surface area contributed by atoms with Gasteiger partial charge in [0.05, 0.1) is 5.60 Å². The summed E-state index contributed by atoms with van der Waals surface area (Å²) in [4.78, 5) is 6.31. The number of hydrogen-bond acceptors (Lipinski definition) is 3. The molecule has 1 heterocycles. The third kappa shape index (κ3) is 3.88. The highest BCUT2D eigenvalue weighted by Crippen LogP contribution is 2.16. The van der Waals surface area contributed by atoms with E-state index in [0.717, 1.165) is 17.9 Å². The van der Waals surface area contributed by atoms with E-state index < -0.39 is 5.60 Å². The molecule has 0 aliphatic rings. The van der Waals surface area contributed by atoms with Crippen LogP contribution in [0.5, 0.6) is 0 Å². The zero-order valence-corrected chi connectivity index (χ0v) is 9.99. The summed E-state index contributed by atoms with van der Waals surface area (Å²) < 4.78 is 0. The lowest BCUT2D eigenvalue weighted by atomic mass is 10.1. The molecule has 0 atom stereocenters. The van der Waals surface area contributed by atoms with Crippen LogP contribution in [0.1, 0.15) is 26.5 Å². The molecule has 3 nitrogen and oxygen atoms in total. The Kier molecular flexibility index (Phi) is 3.69. The lowest BCUT2D eigenvalue weighted by Crippen LogP contribution is -2.38. The predicted molar refractivity (Wildman–Crippen MR) is 63.2 cm³/mol. The first kappa shape index (κ1) is 12.0. The van der Waals surface area contributed by atoms with Crippen LogP contribution in [0.15, 0.2) is 18.3 Å². The van der Waals surface area contributed by atoms with Crippen LogP contribution in [-0.4, -0.2) is 28.8 Å². The molecule has 0 aliphatic carbocycles. The van der Waals surface area contributed by atoms with Crippen molar-refractivity contribution < 1.29 is 5.11 Å². The maximum atomic E-state index is 9.79. The van der Waals surface area contributed by atoms with Crippen molar-refractivity contribution in [3.8, 4) is 0 Å². The quantitative estimate of drug-likeness (QED) is 0.822. The molecule has 15 heavy (non-hydrogen) atoms. The van der Waals surface area contributed by atoms with Crippen LogP contribution in [0, 0.1) is 6.92 Å². The first-order chi connectivity index (χ1) is 6.92. The maximum absolute atomic E-state index is 9.79. The molecule has 0 saturated heterocycles. The Morgan fingerprint density at radius 2 is 2.13 bits per heavy atom. The minimum Gasteiger partial charge on any atom is -0.389 e. The SMILES string of the molecule is CCN(CC(C)(C)O)c1ccnc(C)c1. The van der Waals surface area contributed by atoms with Crippen LogP contribution < -0.4 is 4.90 Å². The Morgan fingerprint density at radius 3 is 2.60 bits per heavy atom. The maximum Gasteiger partial charge on any atom is 0.0765 e. The summed E-state index contributed by atoms with van der Waals surface area (Å²) in [5.74, 6) is 0. The second-order valence-electron chi connectivity index (χ2n) is 4.48. The molecule has 0 fully saturated rings. The molecule has 1 aromatic heterocycles. The number of aromatic nitrogens is 1. The predicted octanol–water partition coefficient (Wildman–Crippen LogP) is 1.99. The Labute approximate surface area is 91.8 Å². The third-order valence-electron chi connectivity index (χ3n) is 2.20. The standard InChI is InChI=1S/C12H20N2O/c1-5-14(9-12(3,4)15)11-6-7-13-10(2)8-11/h6-8,15H,5,9H2,1-4H3. The zero-order valence-electron chi connectivity index (χ0n) is 9.99. The number of pyridine rings is 1. The molecular weight excluding hydrogens is 188 g/mol. The van der Waals surface area contributed by atoms with Crippen molar-refractivity contribution in [1.82, 2.24) is 4.98 Å². The molecule has 84 valence electrons. The number of likely N-dealkylation sites (N-methyl/N-ethyl adjacent to an activating group) is 1. The van der Waals surface area contributed by atoms with Gasteiger partial charge in [0.1, 0.15) is 0 Å². The molecular formula is C12H20N2O. The largest absolute Gasteiger partial charge is 0.389 e. The molecule has 0 unspecified atom stereocenters. The second kappa shape index (κ2) is 4.62. The lowest BCUT2D eigenvalue weighted by Gasteiger charge is -2.29. The first-order valence-corrected chi connectivity index (χ1v) is 5.32. The molecule has 0 bridgehead atoms. The smallest absolute Gasteiger partial charge is 0.0765 e. The molecule has 0 aromatic carbocycles. The van der Waals surface area contributed by atoms with Crippen LogP contribution in [-0.2, 0) is 0 Å². The van der Waals surface area contributed by atoms with Gasteiger partial charge in [-0.2, -0.15) is 0 Å². The topological polar surface area (TPSA) is 36.4 Å². The fourth-order valence-electron chi connectivity index (χ4n) is 1.58. The molecule has 0 spiro atoms. The zero-order chi connectivity index (χ0) is 11.5. The molecule has 0 amide bonds. The molecule has 1 N–H and O–H groups in total. The van der Waals surface area contributed by atoms with Gasteiger partial charge in [0.15, 0.2) is 0 Å².